The second-order valence-electron chi connectivity index (χ2n) is 7.23. The summed E-state index contributed by atoms with van der Waals surface area (Å²) in [6.45, 7) is 0.944. The molecule has 3 aromatic rings. The third-order valence-electron chi connectivity index (χ3n) is 4.96. The van der Waals surface area contributed by atoms with Crippen molar-refractivity contribution < 1.29 is 23.4 Å². The lowest BCUT2D eigenvalue weighted by molar-refractivity contribution is 0.0697. The molecule has 0 heterocycles. The van der Waals surface area contributed by atoms with Gasteiger partial charge in [0.15, 0.2) is 0 Å². The summed E-state index contributed by atoms with van der Waals surface area (Å²) in [4.78, 5) is 11.2. The minimum atomic E-state index is -3.88. The standard InChI is InChI=1S/C23H23ClN2O5S.2ClH/c24-17-3-1-2-16(12-17)22(27)14-26-11-10-15-4-6-18(7-5-15)32(30,31)19-8-9-21(25)20(13-19)23(28)29;;/h1-9,12-13,22,26-27H,10-11,14,25H2,(H,28,29);2*1H/t22-;;/m1../s1. The quantitative estimate of drug-likeness (QED) is 0.234. The molecule has 0 aliphatic rings. The van der Waals surface area contributed by atoms with Gasteiger partial charge in [-0.05, 0) is 66.6 Å². The molecule has 184 valence electrons. The van der Waals surface area contributed by atoms with E-state index >= 15 is 0 Å². The highest BCUT2D eigenvalue weighted by atomic mass is 35.5. The number of anilines is 1. The first kappa shape index (κ1) is 29.7. The molecular weight excluding hydrogens is 523 g/mol. The molecule has 11 heteroatoms. The Morgan fingerprint density at radius 1 is 1.00 bits per heavy atom. The van der Waals surface area contributed by atoms with Crippen LogP contribution in [-0.2, 0) is 16.3 Å². The summed E-state index contributed by atoms with van der Waals surface area (Å²) in [5.74, 6) is -1.29. The molecule has 0 radical (unpaired) electrons. The number of aromatic carboxylic acids is 1. The van der Waals surface area contributed by atoms with E-state index in [2.05, 4.69) is 5.32 Å². The zero-order valence-corrected chi connectivity index (χ0v) is 21.1. The number of hydrogen-bond donors (Lipinski definition) is 4. The molecule has 0 saturated heterocycles. The Morgan fingerprint density at radius 2 is 1.65 bits per heavy atom. The number of carboxylic acid groups (broad SMARTS) is 1. The lowest BCUT2D eigenvalue weighted by Gasteiger charge is -2.13. The number of rotatable bonds is 9. The number of benzene rings is 3. The van der Waals surface area contributed by atoms with Crippen molar-refractivity contribution >= 4 is 57.9 Å². The second-order valence-corrected chi connectivity index (χ2v) is 9.61. The number of nitrogen functional groups attached to an aromatic ring is 1. The summed E-state index contributed by atoms with van der Waals surface area (Å²) >= 11 is 5.94. The highest BCUT2D eigenvalue weighted by molar-refractivity contribution is 7.91. The molecular formula is C23H25Cl3N2O5S. The first-order valence-corrected chi connectivity index (χ1v) is 11.7. The average molecular weight is 548 g/mol. The topological polar surface area (TPSA) is 130 Å². The number of hydrogen-bond acceptors (Lipinski definition) is 6. The van der Waals surface area contributed by atoms with Crippen LogP contribution in [0.25, 0.3) is 0 Å². The van der Waals surface area contributed by atoms with Crippen molar-refractivity contribution in [3.8, 4) is 0 Å². The SMILES string of the molecule is Cl.Cl.Nc1ccc(S(=O)(=O)c2ccc(CCNC[C@@H](O)c3cccc(Cl)c3)cc2)cc1C(=O)O. The summed E-state index contributed by atoms with van der Waals surface area (Å²) in [5.41, 5.74) is 6.99. The Labute approximate surface area is 215 Å². The number of nitrogens with two attached hydrogens (primary N) is 1. The number of carboxylic acids is 1. The summed E-state index contributed by atoms with van der Waals surface area (Å²) < 4.78 is 25.7. The third kappa shape index (κ3) is 7.33. The van der Waals surface area contributed by atoms with E-state index in [-0.39, 0.29) is 45.9 Å². The maximum Gasteiger partial charge on any atom is 0.337 e. The normalized spacial score (nSPS) is 11.7. The highest BCUT2D eigenvalue weighted by Crippen LogP contribution is 2.25. The van der Waals surface area contributed by atoms with Gasteiger partial charge < -0.3 is 21.3 Å². The average Bonchev–Trinajstić information content (AvgIpc) is 2.77. The lowest BCUT2D eigenvalue weighted by Crippen LogP contribution is -2.23. The molecule has 0 aliphatic carbocycles. The summed E-state index contributed by atoms with van der Waals surface area (Å²) in [7, 11) is -3.88. The van der Waals surface area contributed by atoms with Crippen LogP contribution >= 0.6 is 36.4 Å². The van der Waals surface area contributed by atoms with Gasteiger partial charge in [0.1, 0.15) is 0 Å². The molecule has 5 N–H and O–H groups in total. The molecule has 0 aliphatic heterocycles. The molecule has 3 rings (SSSR count). The Morgan fingerprint density at radius 3 is 2.26 bits per heavy atom. The van der Waals surface area contributed by atoms with E-state index in [9.17, 15) is 23.4 Å². The molecule has 34 heavy (non-hydrogen) atoms. The first-order chi connectivity index (χ1) is 15.2. The molecule has 1 atom stereocenters. The Bertz CT molecular complexity index is 1220. The molecule has 3 aromatic carbocycles. The minimum Gasteiger partial charge on any atom is -0.478 e. The van der Waals surface area contributed by atoms with Crippen molar-refractivity contribution in [1.82, 2.24) is 5.32 Å². The van der Waals surface area contributed by atoms with Gasteiger partial charge in [0.25, 0.3) is 0 Å². The van der Waals surface area contributed by atoms with Gasteiger partial charge in [0.2, 0.25) is 9.84 Å². The van der Waals surface area contributed by atoms with Gasteiger partial charge in [-0.15, -0.1) is 24.8 Å². The Hall–Kier alpha value is -2.33. The van der Waals surface area contributed by atoms with Gasteiger partial charge in [0.05, 0.1) is 21.5 Å². The van der Waals surface area contributed by atoms with Gasteiger partial charge in [0, 0.05) is 17.3 Å². The van der Waals surface area contributed by atoms with E-state index in [0.717, 1.165) is 17.2 Å². The molecule has 0 saturated carbocycles. The number of halogens is 3. The van der Waals surface area contributed by atoms with Crippen LogP contribution in [0.15, 0.2) is 76.5 Å². The van der Waals surface area contributed by atoms with Gasteiger partial charge in [-0.2, -0.15) is 0 Å². The van der Waals surface area contributed by atoms with Crippen molar-refractivity contribution in [1.29, 1.82) is 0 Å². The van der Waals surface area contributed by atoms with Crippen molar-refractivity contribution in [2.45, 2.75) is 22.3 Å². The largest absolute Gasteiger partial charge is 0.478 e. The van der Waals surface area contributed by atoms with Crippen molar-refractivity contribution in [2.75, 3.05) is 18.8 Å². The van der Waals surface area contributed by atoms with Gasteiger partial charge in [-0.3, -0.25) is 0 Å². The predicted molar refractivity (Wildman–Crippen MR) is 137 cm³/mol. The molecule has 0 bridgehead atoms. The molecule has 0 aromatic heterocycles. The number of sulfone groups is 1. The fourth-order valence-electron chi connectivity index (χ4n) is 3.16. The van der Waals surface area contributed by atoms with Gasteiger partial charge in [-0.1, -0.05) is 35.9 Å². The summed E-state index contributed by atoms with van der Waals surface area (Å²) in [5, 5.41) is 23.1. The first-order valence-electron chi connectivity index (χ1n) is 9.79. The van der Waals surface area contributed by atoms with Gasteiger partial charge >= 0.3 is 5.97 Å². The Balaban J connectivity index is 0.00000289. The number of nitrogens with one attached hydrogen (secondary N) is 1. The van der Waals surface area contributed by atoms with Crippen LogP contribution < -0.4 is 11.1 Å². The maximum atomic E-state index is 12.8. The fourth-order valence-corrected chi connectivity index (χ4v) is 4.65. The smallest absolute Gasteiger partial charge is 0.337 e. The highest BCUT2D eigenvalue weighted by Gasteiger charge is 2.20. The maximum absolute atomic E-state index is 12.8. The number of carbonyl (C=O) groups is 1. The number of aliphatic hydroxyl groups excluding tert-OH is 1. The molecule has 0 fully saturated rings. The lowest BCUT2D eigenvalue weighted by atomic mass is 10.1. The third-order valence-corrected chi connectivity index (χ3v) is 6.96. The Kier molecular flexibility index (Phi) is 11.3. The van der Waals surface area contributed by atoms with Crippen LogP contribution in [0.1, 0.15) is 27.6 Å². The van der Waals surface area contributed by atoms with Gasteiger partial charge in [-0.25, -0.2) is 13.2 Å². The molecule has 0 amide bonds. The van der Waals surface area contributed by atoms with Crippen LogP contribution in [-0.4, -0.2) is 37.7 Å². The summed E-state index contributed by atoms with van der Waals surface area (Å²) in [6.07, 6.45) is -0.0509. The van der Waals surface area contributed by atoms with Crippen LogP contribution in [0.5, 0.6) is 0 Å². The van der Waals surface area contributed by atoms with E-state index in [1.807, 2.05) is 0 Å². The fraction of sp³-hybridized carbons (Fsp3) is 0.174. The van der Waals surface area contributed by atoms with Crippen molar-refractivity contribution in [3.05, 3.63) is 88.4 Å². The van der Waals surface area contributed by atoms with E-state index in [0.29, 0.717) is 24.5 Å². The minimum absolute atomic E-state index is 0. The van der Waals surface area contributed by atoms with E-state index in [4.69, 9.17) is 17.3 Å². The van der Waals surface area contributed by atoms with Crippen LogP contribution in [0.3, 0.4) is 0 Å². The zero-order valence-electron chi connectivity index (χ0n) is 17.8. The van der Waals surface area contributed by atoms with E-state index in [1.165, 1.54) is 24.3 Å². The molecule has 0 spiro atoms. The van der Waals surface area contributed by atoms with E-state index < -0.39 is 21.9 Å². The van der Waals surface area contributed by atoms with Crippen LogP contribution in [0, 0.1) is 0 Å². The van der Waals surface area contributed by atoms with Crippen LogP contribution in [0.4, 0.5) is 5.69 Å². The van der Waals surface area contributed by atoms with Crippen molar-refractivity contribution in [3.63, 3.8) is 0 Å². The molecule has 7 nitrogen and oxygen atoms in total. The van der Waals surface area contributed by atoms with E-state index in [1.54, 1.807) is 36.4 Å². The van der Waals surface area contributed by atoms with Crippen molar-refractivity contribution in [2.24, 2.45) is 0 Å². The van der Waals surface area contributed by atoms with Crippen LogP contribution in [0.2, 0.25) is 5.02 Å². The number of aliphatic hydroxyl groups is 1. The zero-order chi connectivity index (χ0) is 23.3. The monoisotopic (exact) mass is 546 g/mol. The molecule has 0 unspecified atom stereocenters. The predicted octanol–water partition coefficient (Wildman–Crippen LogP) is 4.16. The second kappa shape index (κ2) is 12.9. The summed E-state index contributed by atoms with van der Waals surface area (Å²) in [6, 6.07) is 17.1.